The SMILES string of the molecule is O=C(NC1CCN(S(=O)(=O)C2CCNCC2)CC1)OCc1ccccc1. The maximum absolute atomic E-state index is 12.7. The minimum absolute atomic E-state index is 0.0438. The number of carbonyl (C=O) groups excluding carboxylic acids is 1. The molecule has 0 spiro atoms. The van der Waals surface area contributed by atoms with E-state index in [0.29, 0.717) is 38.8 Å². The summed E-state index contributed by atoms with van der Waals surface area (Å²) in [5.41, 5.74) is 0.936. The second-order valence-corrected chi connectivity index (χ2v) is 9.09. The smallest absolute Gasteiger partial charge is 0.407 e. The molecule has 0 saturated carbocycles. The summed E-state index contributed by atoms with van der Waals surface area (Å²) in [7, 11) is -3.23. The average Bonchev–Trinajstić information content (AvgIpc) is 2.68. The zero-order chi connectivity index (χ0) is 18.4. The van der Waals surface area contributed by atoms with Crippen molar-refractivity contribution in [3.63, 3.8) is 0 Å². The van der Waals surface area contributed by atoms with E-state index in [-0.39, 0.29) is 17.9 Å². The van der Waals surface area contributed by atoms with Gasteiger partial charge in [-0.25, -0.2) is 17.5 Å². The van der Waals surface area contributed by atoms with E-state index >= 15 is 0 Å². The highest BCUT2D eigenvalue weighted by Gasteiger charge is 2.35. The van der Waals surface area contributed by atoms with Gasteiger partial charge < -0.3 is 15.4 Å². The quantitative estimate of drug-likeness (QED) is 0.806. The fraction of sp³-hybridized carbons (Fsp3) is 0.611. The fourth-order valence-electron chi connectivity index (χ4n) is 3.49. The highest BCUT2D eigenvalue weighted by Crippen LogP contribution is 2.22. The van der Waals surface area contributed by atoms with Crippen molar-refractivity contribution in [2.45, 2.75) is 43.6 Å². The summed E-state index contributed by atoms with van der Waals surface area (Å²) in [5, 5.41) is 5.77. The van der Waals surface area contributed by atoms with E-state index < -0.39 is 16.1 Å². The summed E-state index contributed by atoms with van der Waals surface area (Å²) in [5.74, 6) is 0. The Kier molecular flexibility index (Phi) is 6.50. The van der Waals surface area contributed by atoms with Crippen molar-refractivity contribution in [3.05, 3.63) is 35.9 Å². The molecule has 1 amide bonds. The number of alkyl carbamates (subject to hydrolysis) is 1. The van der Waals surface area contributed by atoms with E-state index in [9.17, 15) is 13.2 Å². The van der Waals surface area contributed by atoms with Gasteiger partial charge in [0.25, 0.3) is 0 Å². The summed E-state index contributed by atoms with van der Waals surface area (Å²) in [6.45, 7) is 2.66. The predicted octanol–water partition coefficient (Wildman–Crippen LogP) is 1.46. The van der Waals surface area contributed by atoms with Crippen LogP contribution < -0.4 is 10.6 Å². The molecule has 2 aliphatic heterocycles. The summed E-state index contributed by atoms with van der Waals surface area (Å²) in [4.78, 5) is 11.9. The molecule has 0 aliphatic carbocycles. The standard InChI is InChI=1S/C18H27N3O4S/c22-18(25-14-15-4-2-1-3-5-15)20-16-8-12-21(13-9-16)26(23,24)17-6-10-19-11-7-17/h1-5,16-17,19H,6-14H2,(H,20,22). The number of hydrogen-bond acceptors (Lipinski definition) is 5. The van der Waals surface area contributed by atoms with E-state index in [2.05, 4.69) is 10.6 Å². The van der Waals surface area contributed by atoms with Crippen molar-refractivity contribution in [1.29, 1.82) is 0 Å². The molecule has 7 nitrogen and oxygen atoms in total. The van der Waals surface area contributed by atoms with Crippen LogP contribution in [-0.2, 0) is 21.4 Å². The number of carbonyl (C=O) groups is 1. The number of hydrogen-bond donors (Lipinski definition) is 2. The minimum atomic E-state index is -3.23. The number of nitrogens with zero attached hydrogens (tertiary/aromatic N) is 1. The average molecular weight is 381 g/mol. The van der Waals surface area contributed by atoms with Gasteiger partial charge in [0, 0.05) is 19.1 Å². The molecule has 2 fully saturated rings. The first-order chi connectivity index (χ1) is 12.6. The highest BCUT2D eigenvalue weighted by atomic mass is 32.2. The summed E-state index contributed by atoms with van der Waals surface area (Å²) in [6.07, 6.45) is 2.13. The first kappa shape index (κ1) is 19.1. The van der Waals surface area contributed by atoms with Gasteiger partial charge >= 0.3 is 6.09 Å². The Morgan fingerprint density at radius 2 is 1.77 bits per heavy atom. The van der Waals surface area contributed by atoms with Crippen LogP contribution in [0.1, 0.15) is 31.2 Å². The van der Waals surface area contributed by atoms with E-state index in [1.54, 1.807) is 4.31 Å². The summed E-state index contributed by atoms with van der Waals surface area (Å²) in [6, 6.07) is 9.46. The molecular formula is C18H27N3O4S. The largest absolute Gasteiger partial charge is 0.445 e. The van der Waals surface area contributed by atoms with Crippen LogP contribution >= 0.6 is 0 Å². The van der Waals surface area contributed by atoms with Crippen molar-refractivity contribution in [1.82, 2.24) is 14.9 Å². The van der Waals surface area contributed by atoms with Crippen molar-refractivity contribution in [2.24, 2.45) is 0 Å². The summed E-state index contributed by atoms with van der Waals surface area (Å²) < 4.78 is 32.3. The molecule has 0 aromatic heterocycles. The van der Waals surface area contributed by atoms with Gasteiger partial charge in [0.05, 0.1) is 5.25 Å². The Bertz CT molecular complexity index is 682. The first-order valence-electron chi connectivity index (χ1n) is 9.22. The molecule has 0 atom stereocenters. The maximum Gasteiger partial charge on any atom is 0.407 e. The Morgan fingerprint density at radius 3 is 2.42 bits per heavy atom. The van der Waals surface area contributed by atoms with Crippen LogP contribution in [0.5, 0.6) is 0 Å². The van der Waals surface area contributed by atoms with Gasteiger partial charge in [-0.3, -0.25) is 0 Å². The second-order valence-electron chi connectivity index (χ2n) is 6.87. The lowest BCUT2D eigenvalue weighted by Gasteiger charge is -2.35. The Hall–Kier alpha value is -1.64. The molecule has 2 saturated heterocycles. The number of benzene rings is 1. The van der Waals surface area contributed by atoms with Gasteiger partial charge in [-0.1, -0.05) is 30.3 Å². The first-order valence-corrected chi connectivity index (χ1v) is 10.7. The van der Waals surface area contributed by atoms with Gasteiger partial charge in [0.1, 0.15) is 6.61 Å². The molecule has 2 N–H and O–H groups in total. The van der Waals surface area contributed by atoms with Gasteiger partial charge in [0.2, 0.25) is 10.0 Å². The second kappa shape index (κ2) is 8.83. The molecule has 0 unspecified atom stereocenters. The molecular weight excluding hydrogens is 354 g/mol. The van der Waals surface area contributed by atoms with Crippen LogP contribution in [0.4, 0.5) is 4.79 Å². The van der Waals surface area contributed by atoms with Gasteiger partial charge in [0.15, 0.2) is 0 Å². The molecule has 2 aliphatic rings. The van der Waals surface area contributed by atoms with E-state index in [1.165, 1.54) is 0 Å². The highest BCUT2D eigenvalue weighted by molar-refractivity contribution is 7.89. The third-order valence-corrected chi connectivity index (χ3v) is 7.45. The van der Waals surface area contributed by atoms with Gasteiger partial charge in [-0.15, -0.1) is 0 Å². The number of amides is 1. The van der Waals surface area contributed by atoms with E-state index in [4.69, 9.17) is 4.74 Å². The van der Waals surface area contributed by atoms with Gasteiger partial charge in [-0.2, -0.15) is 0 Å². The lowest BCUT2D eigenvalue weighted by molar-refractivity contribution is 0.131. The van der Waals surface area contributed by atoms with E-state index in [1.807, 2.05) is 30.3 Å². The number of ether oxygens (including phenoxy) is 1. The van der Waals surface area contributed by atoms with Crippen molar-refractivity contribution >= 4 is 16.1 Å². The predicted molar refractivity (Wildman–Crippen MR) is 99.2 cm³/mol. The van der Waals surface area contributed by atoms with Crippen LogP contribution in [-0.4, -0.2) is 56.3 Å². The fourth-order valence-corrected chi connectivity index (χ4v) is 5.46. The molecule has 1 aromatic rings. The topological polar surface area (TPSA) is 87.7 Å². The third kappa shape index (κ3) is 4.96. The van der Waals surface area contributed by atoms with Gasteiger partial charge in [-0.05, 0) is 44.3 Å². The molecule has 3 rings (SSSR count). The number of nitrogens with one attached hydrogen (secondary N) is 2. The van der Waals surface area contributed by atoms with Crippen molar-refractivity contribution < 1.29 is 17.9 Å². The molecule has 0 radical (unpaired) electrons. The Balaban J connectivity index is 1.42. The lowest BCUT2D eigenvalue weighted by Crippen LogP contribution is -2.50. The van der Waals surface area contributed by atoms with Crippen LogP contribution in [0.3, 0.4) is 0 Å². The molecule has 0 bridgehead atoms. The Labute approximate surface area is 155 Å². The van der Waals surface area contributed by atoms with Crippen molar-refractivity contribution in [2.75, 3.05) is 26.2 Å². The number of piperidine rings is 2. The zero-order valence-electron chi connectivity index (χ0n) is 14.9. The maximum atomic E-state index is 12.7. The molecule has 26 heavy (non-hydrogen) atoms. The van der Waals surface area contributed by atoms with E-state index in [0.717, 1.165) is 18.7 Å². The van der Waals surface area contributed by atoms with Crippen LogP contribution in [0, 0.1) is 0 Å². The molecule has 144 valence electrons. The normalized spacial score (nSPS) is 20.6. The van der Waals surface area contributed by atoms with Crippen molar-refractivity contribution in [3.8, 4) is 0 Å². The number of sulfonamides is 1. The molecule has 1 aromatic carbocycles. The minimum Gasteiger partial charge on any atom is -0.445 e. The zero-order valence-corrected chi connectivity index (χ0v) is 15.7. The molecule has 2 heterocycles. The van der Waals surface area contributed by atoms with Crippen LogP contribution in [0.25, 0.3) is 0 Å². The number of rotatable bonds is 5. The van der Waals surface area contributed by atoms with Crippen LogP contribution in [0.2, 0.25) is 0 Å². The summed E-state index contributed by atoms with van der Waals surface area (Å²) >= 11 is 0. The third-order valence-electron chi connectivity index (χ3n) is 5.06. The monoisotopic (exact) mass is 381 g/mol. The molecule has 8 heteroatoms. The van der Waals surface area contributed by atoms with Crippen LogP contribution in [0.15, 0.2) is 30.3 Å². The Morgan fingerprint density at radius 1 is 1.12 bits per heavy atom. The lowest BCUT2D eigenvalue weighted by atomic mass is 10.1.